The average molecular weight is 680 g/mol. The van der Waals surface area contributed by atoms with Crippen molar-refractivity contribution in [1.29, 1.82) is 0 Å². The van der Waals surface area contributed by atoms with Crippen molar-refractivity contribution in [3.63, 3.8) is 0 Å². The molecule has 5 nitrogen and oxygen atoms in total. The van der Waals surface area contributed by atoms with Crippen molar-refractivity contribution in [3.8, 4) is 17.0 Å². The molecule has 0 saturated heterocycles. The van der Waals surface area contributed by atoms with E-state index in [1.54, 1.807) is 24.4 Å². The van der Waals surface area contributed by atoms with Gasteiger partial charge in [-0.2, -0.15) is 5.10 Å². The molecule has 5 aromatic rings. The van der Waals surface area contributed by atoms with Crippen LogP contribution in [0.25, 0.3) is 22.2 Å². The highest BCUT2D eigenvalue weighted by Crippen LogP contribution is 2.30. The van der Waals surface area contributed by atoms with Crippen molar-refractivity contribution in [2.45, 2.75) is 6.61 Å². The number of fused-ring (bicyclic) bond motifs is 1. The van der Waals surface area contributed by atoms with Gasteiger partial charge in [0.15, 0.2) is 0 Å². The molecule has 1 aromatic heterocycles. The van der Waals surface area contributed by atoms with Gasteiger partial charge in [-0.05, 0) is 64.6 Å². The van der Waals surface area contributed by atoms with E-state index in [1.165, 1.54) is 12.1 Å². The van der Waals surface area contributed by atoms with Crippen molar-refractivity contribution in [1.82, 2.24) is 10.4 Å². The minimum Gasteiger partial charge on any atom is -0.487 e. The van der Waals surface area contributed by atoms with E-state index in [1.807, 2.05) is 66.7 Å². The maximum Gasteiger partial charge on any atom is 0.272 e. The van der Waals surface area contributed by atoms with Crippen LogP contribution in [0, 0.1) is 9.39 Å². The van der Waals surface area contributed by atoms with Gasteiger partial charge in [0.2, 0.25) is 0 Å². The predicted molar refractivity (Wildman–Crippen MR) is 160 cm³/mol. The van der Waals surface area contributed by atoms with Crippen LogP contribution in [0.1, 0.15) is 21.5 Å². The maximum absolute atomic E-state index is 13.3. The number of para-hydroxylation sites is 1. The molecular formula is C30H20BrFIN3O2. The lowest BCUT2D eigenvalue weighted by molar-refractivity contribution is 0.0956. The van der Waals surface area contributed by atoms with Crippen LogP contribution in [-0.4, -0.2) is 17.1 Å². The summed E-state index contributed by atoms with van der Waals surface area (Å²) in [6.45, 7) is 0.260. The molecule has 38 heavy (non-hydrogen) atoms. The molecule has 0 aliphatic rings. The van der Waals surface area contributed by atoms with Crippen LogP contribution in [-0.2, 0) is 6.61 Å². The van der Waals surface area contributed by atoms with Crippen molar-refractivity contribution in [2.75, 3.05) is 0 Å². The number of carbonyl (C=O) groups is 1. The molecule has 0 radical (unpaired) electrons. The molecule has 0 bridgehead atoms. The summed E-state index contributed by atoms with van der Waals surface area (Å²) in [7, 11) is 0. The number of hydrazone groups is 1. The molecular weight excluding hydrogens is 660 g/mol. The Kier molecular flexibility index (Phi) is 8.09. The highest BCUT2D eigenvalue weighted by atomic mass is 127. The van der Waals surface area contributed by atoms with Gasteiger partial charge in [-0.1, -0.05) is 76.6 Å². The maximum atomic E-state index is 13.3. The highest BCUT2D eigenvalue weighted by molar-refractivity contribution is 14.1. The second-order valence-electron chi connectivity index (χ2n) is 8.36. The zero-order chi connectivity index (χ0) is 26.5. The summed E-state index contributed by atoms with van der Waals surface area (Å²) in [5.41, 5.74) is 6.98. The van der Waals surface area contributed by atoms with Crippen LogP contribution in [0.2, 0.25) is 0 Å². The lowest BCUT2D eigenvalue weighted by Crippen LogP contribution is -2.18. The van der Waals surface area contributed by atoms with Crippen LogP contribution in [0.3, 0.4) is 0 Å². The number of hydrogen-bond donors (Lipinski definition) is 1. The van der Waals surface area contributed by atoms with Gasteiger partial charge in [0.25, 0.3) is 5.91 Å². The number of aromatic nitrogens is 1. The van der Waals surface area contributed by atoms with E-state index in [0.717, 1.165) is 30.1 Å². The van der Waals surface area contributed by atoms with Gasteiger partial charge in [-0.3, -0.25) is 4.79 Å². The Morgan fingerprint density at radius 3 is 2.53 bits per heavy atom. The van der Waals surface area contributed by atoms with E-state index >= 15 is 0 Å². The molecule has 5 rings (SSSR count). The molecule has 0 spiro atoms. The Balaban J connectivity index is 1.40. The third-order valence-electron chi connectivity index (χ3n) is 5.73. The van der Waals surface area contributed by atoms with E-state index in [9.17, 15) is 9.18 Å². The topological polar surface area (TPSA) is 63.6 Å². The second kappa shape index (κ2) is 11.8. The van der Waals surface area contributed by atoms with E-state index in [-0.39, 0.29) is 18.3 Å². The summed E-state index contributed by atoms with van der Waals surface area (Å²) >= 11 is 5.69. The normalized spacial score (nSPS) is 11.1. The summed E-state index contributed by atoms with van der Waals surface area (Å²) in [5.74, 6) is -0.0410. The molecule has 8 heteroatoms. The summed E-state index contributed by atoms with van der Waals surface area (Å²) in [4.78, 5) is 18.0. The lowest BCUT2D eigenvalue weighted by Gasteiger charge is -2.12. The van der Waals surface area contributed by atoms with Gasteiger partial charge in [-0.15, -0.1) is 0 Å². The zero-order valence-electron chi connectivity index (χ0n) is 19.9. The molecule has 0 saturated carbocycles. The van der Waals surface area contributed by atoms with E-state index in [0.29, 0.717) is 22.6 Å². The Morgan fingerprint density at radius 1 is 1.00 bits per heavy atom. The van der Waals surface area contributed by atoms with Gasteiger partial charge < -0.3 is 4.74 Å². The summed E-state index contributed by atoms with van der Waals surface area (Å²) < 4.78 is 21.0. The molecule has 0 unspecified atom stereocenters. The molecule has 1 N–H and O–H groups in total. The first-order valence-electron chi connectivity index (χ1n) is 11.6. The number of halogens is 3. The molecule has 188 valence electrons. The van der Waals surface area contributed by atoms with Crippen LogP contribution < -0.4 is 10.2 Å². The molecule has 0 aliphatic heterocycles. The van der Waals surface area contributed by atoms with Crippen LogP contribution in [0.4, 0.5) is 4.39 Å². The third-order valence-corrected chi connectivity index (χ3v) is 6.99. The SMILES string of the molecule is O=C(N/N=C\c1cc(Br)cc(I)c1OCc1ccc(F)cc1)c1cc(-c2ccccc2)nc2ccccc12. The summed E-state index contributed by atoms with van der Waals surface area (Å²) in [6.07, 6.45) is 1.55. The molecule has 0 aliphatic carbocycles. The second-order valence-corrected chi connectivity index (χ2v) is 10.4. The number of benzene rings is 4. The largest absolute Gasteiger partial charge is 0.487 e. The fraction of sp³-hybridized carbons (Fsp3) is 0.0333. The Hall–Kier alpha value is -3.63. The molecule has 1 amide bonds. The minimum absolute atomic E-state index is 0.260. The standard InChI is InChI=1S/C30H20BrFIN3O2/c31-22-14-21(29(26(33)15-22)38-18-19-10-12-23(32)13-11-19)17-34-36-30(37)25-16-28(20-6-2-1-3-7-20)35-27-9-5-4-8-24(25)27/h1-17H,18H2,(H,36,37)/b34-17-. The van der Waals surface area contributed by atoms with Crippen LogP contribution >= 0.6 is 38.5 Å². The number of rotatable bonds is 7. The molecule has 4 aromatic carbocycles. The fourth-order valence-electron chi connectivity index (χ4n) is 3.91. The van der Waals surface area contributed by atoms with E-state index in [4.69, 9.17) is 9.72 Å². The number of carbonyl (C=O) groups excluding carboxylic acids is 1. The van der Waals surface area contributed by atoms with Gasteiger partial charge in [0.05, 0.1) is 26.6 Å². The zero-order valence-corrected chi connectivity index (χ0v) is 23.6. The number of nitrogens with one attached hydrogen (secondary N) is 1. The molecule has 1 heterocycles. The van der Waals surface area contributed by atoms with Crippen LogP contribution in [0.5, 0.6) is 5.75 Å². The van der Waals surface area contributed by atoms with Gasteiger partial charge in [0.1, 0.15) is 18.2 Å². The quantitative estimate of drug-likeness (QED) is 0.109. The highest BCUT2D eigenvalue weighted by Gasteiger charge is 2.14. The predicted octanol–water partition coefficient (Wildman–Crippen LogP) is 7.75. The number of amides is 1. The monoisotopic (exact) mass is 679 g/mol. The Labute approximate surface area is 241 Å². The number of ether oxygens (including phenoxy) is 1. The first-order valence-corrected chi connectivity index (χ1v) is 13.5. The third kappa shape index (κ3) is 6.08. The van der Waals surface area contributed by atoms with Crippen molar-refractivity contribution >= 4 is 61.5 Å². The summed E-state index contributed by atoms with van der Waals surface area (Å²) in [6, 6.07) is 29.0. The van der Waals surface area contributed by atoms with Crippen LogP contribution in [0.15, 0.2) is 107 Å². The minimum atomic E-state index is -0.351. The Bertz CT molecular complexity index is 1640. The van der Waals surface area contributed by atoms with E-state index < -0.39 is 0 Å². The first kappa shape index (κ1) is 26.0. The van der Waals surface area contributed by atoms with Gasteiger partial charge >= 0.3 is 0 Å². The average Bonchev–Trinajstić information content (AvgIpc) is 2.93. The molecule has 0 fully saturated rings. The Morgan fingerprint density at radius 2 is 1.74 bits per heavy atom. The van der Waals surface area contributed by atoms with E-state index in [2.05, 4.69) is 49.0 Å². The first-order chi connectivity index (χ1) is 18.5. The van der Waals surface area contributed by atoms with Crippen molar-refractivity contribution in [3.05, 3.63) is 128 Å². The number of nitrogens with zero attached hydrogens (tertiary/aromatic N) is 2. The van der Waals surface area contributed by atoms with Crippen molar-refractivity contribution < 1.29 is 13.9 Å². The fourth-order valence-corrected chi connectivity index (χ4v) is 5.61. The summed E-state index contributed by atoms with van der Waals surface area (Å²) in [5, 5.41) is 4.97. The van der Waals surface area contributed by atoms with Gasteiger partial charge in [0, 0.05) is 21.0 Å². The molecule has 0 atom stereocenters. The van der Waals surface area contributed by atoms with Crippen molar-refractivity contribution in [2.24, 2.45) is 5.10 Å². The lowest BCUT2D eigenvalue weighted by atomic mass is 10.0. The number of pyridine rings is 1. The van der Waals surface area contributed by atoms with Gasteiger partial charge in [-0.25, -0.2) is 14.8 Å². The smallest absolute Gasteiger partial charge is 0.272 e. The number of hydrogen-bond acceptors (Lipinski definition) is 4.